The smallest absolute Gasteiger partial charge is 0.481 e. The first kappa shape index (κ1) is 21.4. The molecule has 1 aromatic rings. The number of carboxylic acids is 3. The quantitative estimate of drug-likeness (QED) is 0.680. The molecule has 0 aromatic carbocycles. The SMILES string of the molecule is Cc1nc(C)c(C)c(N2C[C@@]3(C(=O)O)C[C@@]3(C(=O)O)C2)n1.O=C(O)C(F)(F)F. The molecule has 3 N–H and O–H groups in total. The van der Waals surface area contributed by atoms with Crippen molar-refractivity contribution in [2.24, 2.45) is 10.8 Å². The second kappa shape index (κ2) is 6.60. The van der Waals surface area contributed by atoms with E-state index < -0.39 is 34.9 Å². The van der Waals surface area contributed by atoms with E-state index in [2.05, 4.69) is 9.97 Å². The molecule has 154 valence electrons. The number of nitrogens with zero attached hydrogens (tertiary/aromatic N) is 3. The number of anilines is 1. The van der Waals surface area contributed by atoms with Crippen molar-refractivity contribution in [3.8, 4) is 0 Å². The van der Waals surface area contributed by atoms with Crippen molar-refractivity contribution in [2.45, 2.75) is 33.4 Å². The lowest BCUT2D eigenvalue weighted by Crippen LogP contribution is -2.30. The van der Waals surface area contributed by atoms with Crippen molar-refractivity contribution in [3.05, 3.63) is 17.1 Å². The van der Waals surface area contributed by atoms with Crippen molar-refractivity contribution in [2.75, 3.05) is 18.0 Å². The number of aliphatic carboxylic acids is 3. The Kier molecular flexibility index (Phi) is 5.04. The van der Waals surface area contributed by atoms with Crippen molar-refractivity contribution < 1.29 is 42.9 Å². The molecule has 1 aliphatic heterocycles. The lowest BCUT2D eigenvalue weighted by atomic mass is 9.97. The first-order valence-corrected chi connectivity index (χ1v) is 8.01. The largest absolute Gasteiger partial charge is 0.490 e. The van der Waals surface area contributed by atoms with Gasteiger partial charge < -0.3 is 20.2 Å². The summed E-state index contributed by atoms with van der Waals surface area (Å²) in [4.78, 5) is 42.4. The highest BCUT2D eigenvalue weighted by Crippen LogP contribution is 2.69. The topological polar surface area (TPSA) is 141 Å². The fraction of sp³-hybridized carbons (Fsp3) is 0.562. The van der Waals surface area contributed by atoms with Gasteiger partial charge in [-0.25, -0.2) is 14.8 Å². The molecule has 3 rings (SSSR count). The zero-order valence-electron chi connectivity index (χ0n) is 15.2. The summed E-state index contributed by atoms with van der Waals surface area (Å²) >= 11 is 0. The minimum absolute atomic E-state index is 0.186. The van der Waals surface area contributed by atoms with E-state index in [0.29, 0.717) is 11.6 Å². The van der Waals surface area contributed by atoms with Crippen molar-refractivity contribution in [1.29, 1.82) is 0 Å². The van der Waals surface area contributed by atoms with Gasteiger partial charge in [0.1, 0.15) is 22.5 Å². The maximum atomic E-state index is 11.5. The van der Waals surface area contributed by atoms with E-state index in [-0.39, 0.29) is 19.5 Å². The lowest BCUT2D eigenvalue weighted by Gasteiger charge is -2.23. The predicted octanol–water partition coefficient (Wildman–Crippen LogP) is 1.40. The van der Waals surface area contributed by atoms with Crippen molar-refractivity contribution >= 4 is 23.7 Å². The van der Waals surface area contributed by atoms with Crippen LogP contribution in [-0.4, -0.2) is 62.5 Å². The molecular weight excluding hydrogens is 387 g/mol. The number of carboxylic acid groups (broad SMARTS) is 3. The fourth-order valence-electron chi connectivity index (χ4n) is 3.50. The molecule has 1 aromatic heterocycles. The number of carbonyl (C=O) groups is 3. The zero-order valence-corrected chi connectivity index (χ0v) is 15.2. The maximum Gasteiger partial charge on any atom is 0.490 e. The Bertz CT molecular complexity index is 831. The highest BCUT2D eigenvalue weighted by molar-refractivity contribution is 5.95. The molecule has 0 spiro atoms. The molecule has 0 unspecified atom stereocenters. The zero-order chi connectivity index (χ0) is 21.7. The fourth-order valence-corrected chi connectivity index (χ4v) is 3.50. The molecule has 12 heteroatoms. The van der Waals surface area contributed by atoms with Gasteiger partial charge in [-0.1, -0.05) is 0 Å². The average molecular weight is 405 g/mol. The number of hydrogen-bond donors (Lipinski definition) is 3. The van der Waals surface area contributed by atoms with Crippen LogP contribution in [0, 0.1) is 31.6 Å². The van der Waals surface area contributed by atoms with Crippen molar-refractivity contribution in [1.82, 2.24) is 9.97 Å². The van der Waals surface area contributed by atoms with Gasteiger partial charge in [0.05, 0.1) is 0 Å². The van der Waals surface area contributed by atoms with E-state index in [0.717, 1.165) is 11.3 Å². The van der Waals surface area contributed by atoms with Crippen LogP contribution in [0.4, 0.5) is 19.0 Å². The maximum absolute atomic E-state index is 11.5. The van der Waals surface area contributed by atoms with E-state index >= 15 is 0 Å². The number of aryl methyl sites for hydroxylation is 2. The van der Waals surface area contributed by atoms with Crippen LogP contribution in [0.5, 0.6) is 0 Å². The third kappa shape index (κ3) is 3.34. The number of halogens is 3. The van der Waals surface area contributed by atoms with E-state index in [1.807, 2.05) is 13.8 Å². The molecule has 28 heavy (non-hydrogen) atoms. The van der Waals surface area contributed by atoms with Gasteiger partial charge in [0.15, 0.2) is 0 Å². The monoisotopic (exact) mass is 405 g/mol. The van der Waals surface area contributed by atoms with Gasteiger partial charge in [0, 0.05) is 24.3 Å². The number of rotatable bonds is 3. The average Bonchev–Trinajstić information content (AvgIpc) is 3.09. The number of aromatic nitrogens is 2. The summed E-state index contributed by atoms with van der Waals surface area (Å²) in [5, 5.41) is 26.0. The van der Waals surface area contributed by atoms with Crippen molar-refractivity contribution in [3.63, 3.8) is 0 Å². The Hall–Kier alpha value is -2.92. The van der Waals surface area contributed by atoms with Gasteiger partial charge in [0.25, 0.3) is 0 Å². The van der Waals surface area contributed by atoms with Crippen LogP contribution in [0.3, 0.4) is 0 Å². The molecule has 0 bridgehead atoms. The number of fused-ring (bicyclic) bond motifs is 1. The van der Waals surface area contributed by atoms with Gasteiger partial charge in [-0.2, -0.15) is 13.2 Å². The van der Waals surface area contributed by atoms with E-state index in [9.17, 15) is 33.0 Å². The molecule has 1 aliphatic carbocycles. The number of hydrogen-bond acceptors (Lipinski definition) is 6. The molecule has 0 radical (unpaired) electrons. The highest BCUT2D eigenvalue weighted by atomic mass is 19.4. The third-order valence-electron chi connectivity index (χ3n) is 5.15. The minimum atomic E-state index is -5.08. The molecule has 2 aliphatic rings. The van der Waals surface area contributed by atoms with Gasteiger partial charge in [-0.05, 0) is 27.2 Å². The molecule has 0 amide bonds. The van der Waals surface area contributed by atoms with Crippen LogP contribution in [0.25, 0.3) is 0 Å². The second-order valence-corrected chi connectivity index (χ2v) is 6.92. The van der Waals surface area contributed by atoms with Crippen LogP contribution in [-0.2, 0) is 14.4 Å². The molecule has 2 heterocycles. The summed E-state index contributed by atoms with van der Waals surface area (Å²) in [6.07, 6.45) is -4.89. The Labute approximate surface area is 156 Å². The van der Waals surface area contributed by atoms with Crippen LogP contribution in [0.15, 0.2) is 0 Å². The van der Waals surface area contributed by atoms with E-state index in [1.165, 1.54) is 0 Å². The van der Waals surface area contributed by atoms with Gasteiger partial charge in [0.2, 0.25) is 0 Å². The number of alkyl halides is 3. The number of piperidine rings is 1. The standard InChI is InChI=1S/C14H17N3O4.C2HF3O2/c1-7-8(2)15-9(3)16-10(7)17-5-13(11(18)19)4-14(13,6-17)12(20)21;3-2(4,5)1(6)7/h4-6H2,1-3H3,(H,18,19)(H,20,21);(H,6,7)/t13-,14+;. The van der Waals surface area contributed by atoms with Crippen LogP contribution >= 0.6 is 0 Å². The predicted molar refractivity (Wildman–Crippen MR) is 86.9 cm³/mol. The Morgan fingerprint density at radius 1 is 0.964 bits per heavy atom. The Balaban J connectivity index is 0.000000345. The summed E-state index contributed by atoms with van der Waals surface area (Å²) in [5.74, 6) is -3.58. The Morgan fingerprint density at radius 2 is 1.39 bits per heavy atom. The lowest BCUT2D eigenvalue weighted by molar-refractivity contribution is -0.192. The third-order valence-corrected chi connectivity index (χ3v) is 5.15. The summed E-state index contributed by atoms with van der Waals surface area (Å²) in [7, 11) is 0. The summed E-state index contributed by atoms with van der Waals surface area (Å²) in [6, 6.07) is 0. The summed E-state index contributed by atoms with van der Waals surface area (Å²) < 4.78 is 31.7. The molecule has 1 saturated heterocycles. The van der Waals surface area contributed by atoms with Crippen LogP contribution in [0.1, 0.15) is 23.5 Å². The summed E-state index contributed by atoms with van der Waals surface area (Å²) in [6.45, 7) is 5.88. The minimum Gasteiger partial charge on any atom is -0.481 e. The van der Waals surface area contributed by atoms with E-state index in [1.54, 1.807) is 11.8 Å². The molecule has 1 saturated carbocycles. The molecule has 2 atom stereocenters. The summed E-state index contributed by atoms with van der Waals surface area (Å²) in [5.41, 5.74) is -0.675. The first-order valence-electron chi connectivity index (χ1n) is 8.01. The second-order valence-electron chi connectivity index (χ2n) is 6.92. The van der Waals surface area contributed by atoms with E-state index in [4.69, 9.17) is 9.90 Å². The highest BCUT2D eigenvalue weighted by Gasteiger charge is 2.81. The first-order chi connectivity index (χ1) is 12.7. The molecule has 9 nitrogen and oxygen atoms in total. The van der Waals surface area contributed by atoms with Crippen LogP contribution in [0.2, 0.25) is 0 Å². The molecule has 2 fully saturated rings. The van der Waals surface area contributed by atoms with Gasteiger partial charge in [-0.3, -0.25) is 9.59 Å². The normalized spacial score (nSPS) is 25.4. The van der Waals surface area contributed by atoms with Crippen LogP contribution < -0.4 is 4.90 Å². The van der Waals surface area contributed by atoms with Gasteiger partial charge in [-0.15, -0.1) is 0 Å². The van der Waals surface area contributed by atoms with Gasteiger partial charge >= 0.3 is 24.1 Å². The molecular formula is C16H18F3N3O6. The Morgan fingerprint density at radius 3 is 1.75 bits per heavy atom.